The quantitative estimate of drug-likeness (QED) is 0.834. The Labute approximate surface area is 106 Å². The first-order valence-corrected chi connectivity index (χ1v) is 5.98. The maximum absolute atomic E-state index is 10.5. The lowest BCUT2D eigenvalue weighted by Crippen LogP contribution is -2.62. The van der Waals surface area contributed by atoms with Crippen LogP contribution >= 0.6 is 0 Å². The van der Waals surface area contributed by atoms with Crippen LogP contribution in [-0.4, -0.2) is 51.1 Å². The molecule has 1 N–H and O–H groups in total. The molecule has 1 aliphatic heterocycles. The van der Waals surface area contributed by atoms with Gasteiger partial charge in [0.2, 0.25) is 0 Å². The molecule has 2 rings (SSSR count). The predicted molar refractivity (Wildman–Crippen MR) is 65.2 cm³/mol. The standard InChI is InChI=1S/C12H19N3O3/c1-9(10-4-13-14(3)5-10)15-7-12(2,8-15)18-6-11(16)17/h4-5,9H,6-8H2,1-3H3,(H,16,17). The maximum Gasteiger partial charge on any atom is 0.329 e. The number of carbonyl (C=O) groups is 1. The summed E-state index contributed by atoms with van der Waals surface area (Å²) in [6, 6.07) is 0.278. The lowest BCUT2D eigenvalue weighted by Gasteiger charge is -2.50. The van der Waals surface area contributed by atoms with Crippen LogP contribution in [0.25, 0.3) is 0 Å². The Morgan fingerprint density at radius 3 is 2.83 bits per heavy atom. The van der Waals surface area contributed by atoms with E-state index in [4.69, 9.17) is 9.84 Å². The van der Waals surface area contributed by atoms with Crippen LogP contribution in [0.4, 0.5) is 0 Å². The molecule has 1 aliphatic rings. The average molecular weight is 253 g/mol. The summed E-state index contributed by atoms with van der Waals surface area (Å²) in [5.74, 6) is -0.921. The van der Waals surface area contributed by atoms with E-state index in [1.807, 2.05) is 26.4 Å². The summed E-state index contributed by atoms with van der Waals surface area (Å²) >= 11 is 0. The van der Waals surface area contributed by atoms with Crippen LogP contribution in [0, 0.1) is 0 Å². The summed E-state index contributed by atoms with van der Waals surface area (Å²) in [4.78, 5) is 12.7. The van der Waals surface area contributed by atoms with E-state index in [9.17, 15) is 4.79 Å². The van der Waals surface area contributed by atoms with Crippen molar-refractivity contribution in [3.05, 3.63) is 18.0 Å². The third-order valence-corrected chi connectivity index (χ3v) is 3.37. The van der Waals surface area contributed by atoms with Crippen LogP contribution in [0.5, 0.6) is 0 Å². The van der Waals surface area contributed by atoms with Gasteiger partial charge in [0.1, 0.15) is 6.61 Å². The molecule has 6 nitrogen and oxygen atoms in total. The molecular weight excluding hydrogens is 234 g/mol. The number of hydrogen-bond acceptors (Lipinski definition) is 4. The van der Waals surface area contributed by atoms with Gasteiger partial charge in [-0.15, -0.1) is 0 Å². The van der Waals surface area contributed by atoms with E-state index in [0.717, 1.165) is 18.7 Å². The van der Waals surface area contributed by atoms with Crippen molar-refractivity contribution in [1.29, 1.82) is 0 Å². The van der Waals surface area contributed by atoms with Crippen molar-refractivity contribution in [2.75, 3.05) is 19.7 Å². The van der Waals surface area contributed by atoms with Gasteiger partial charge in [0.15, 0.2) is 0 Å². The Kier molecular flexibility index (Phi) is 3.41. The van der Waals surface area contributed by atoms with E-state index in [-0.39, 0.29) is 18.2 Å². The molecular formula is C12H19N3O3. The molecule has 6 heteroatoms. The van der Waals surface area contributed by atoms with Crippen molar-refractivity contribution in [3.8, 4) is 0 Å². The smallest absolute Gasteiger partial charge is 0.329 e. The number of ether oxygens (including phenoxy) is 1. The molecule has 2 heterocycles. The molecule has 1 unspecified atom stereocenters. The van der Waals surface area contributed by atoms with Crippen LogP contribution in [0.15, 0.2) is 12.4 Å². The number of likely N-dealkylation sites (tertiary alicyclic amines) is 1. The first-order valence-electron chi connectivity index (χ1n) is 5.98. The number of carboxylic acid groups (broad SMARTS) is 1. The van der Waals surface area contributed by atoms with Crippen LogP contribution in [0.3, 0.4) is 0 Å². The molecule has 1 saturated heterocycles. The third-order valence-electron chi connectivity index (χ3n) is 3.37. The Bertz CT molecular complexity index is 438. The van der Waals surface area contributed by atoms with Gasteiger partial charge < -0.3 is 9.84 Å². The summed E-state index contributed by atoms with van der Waals surface area (Å²) in [5.41, 5.74) is 0.826. The summed E-state index contributed by atoms with van der Waals surface area (Å²) < 4.78 is 7.17. The maximum atomic E-state index is 10.5. The third kappa shape index (κ3) is 2.70. The van der Waals surface area contributed by atoms with Crippen LogP contribution in [0.2, 0.25) is 0 Å². The first-order chi connectivity index (χ1) is 8.39. The zero-order chi connectivity index (χ0) is 13.3. The Morgan fingerprint density at radius 2 is 2.33 bits per heavy atom. The van der Waals surface area contributed by atoms with E-state index >= 15 is 0 Å². The molecule has 18 heavy (non-hydrogen) atoms. The van der Waals surface area contributed by atoms with E-state index in [1.165, 1.54) is 0 Å². The molecule has 0 saturated carbocycles. The molecule has 0 spiro atoms. The van der Waals surface area contributed by atoms with Gasteiger partial charge in [-0.05, 0) is 13.8 Å². The van der Waals surface area contributed by atoms with Gasteiger partial charge in [-0.3, -0.25) is 9.58 Å². The number of rotatable bonds is 5. The normalized spacial score (nSPS) is 20.4. The minimum absolute atomic E-state index is 0.231. The van der Waals surface area contributed by atoms with Crippen molar-refractivity contribution in [1.82, 2.24) is 14.7 Å². The van der Waals surface area contributed by atoms with Gasteiger partial charge in [0.25, 0.3) is 0 Å². The molecule has 1 aromatic rings. The molecule has 0 bridgehead atoms. The fourth-order valence-corrected chi connectivity index (χ4v) is 2.28. The topological polar surface area (TPSA) is 67.6 Å². The Balaban J connectivity index is 1.86. The lowest BCUT2D eigenvalue weighted by molar-refractivity contribution is -0.169. The minimum atomic E-state index is -0.921. The molecule has 1 fully saturated rings. The second-order valence-electron chi connectivity index (χ2n) is 5.16. The van der Waals surface area contributed by atoms with Crippen molar-refractivity contribution >= 4 is 5.97 Å². The number of hydrogen-bond donors (Lipinski definition) is 1. The number of aromatic nitrogens is 2. The molecule has 0 amide bonds. The molecule has 1 atom stereocenters. The molecule has 0 radical (unpaired) electrons. The van der Waals surface area contributed by atoms with Crippen molar-refractivity contribution in [2.45, 2.75) is 25.5 Å². The monoisotopic (exact) mass is 253 g/mol. The van der Waals surface area contributed by atoms with Crippen LogP contribution in [-0.2, 0) is 16.6 Å². The zero-order valence-corrected chi connectivity index (χ0v) is 11.0. The first kappa shape index (κ1) is 13.0. The summed E-state index contributed by atoms with van der Waals surface area (Å²) in [5, 5.41) is 12.8. The van der Waals surface area contributed by atoms with Gasteiger partial charge in [-0.2, -0.15) is 5.10 Å². The number of aliphatic carboxylic acids is 1. The second-order valence-corrected chi connectivity index (χ2v) is 5.16. The van der Waals surface area contributed by atoms with Crippen molar-refractivity contribution in [2.24, 2.45) is 7.05 Å². The zero-order valence-electron chi connectivity index (χ0n) is 11.0. The lowest BCUT2D eigenvalue weighted by atomic mass is 9.93. The fourth-order valence-electron chi connectivity index (χ4n) is 2.28. The Morgan fingerprint density at radius 1 is 1.67 bits per heavy atom. The van der Waals surface area contributed by atoms with Gasteiger partial charge >= 0.3 is 5.97 Å². The highest BCUT2D eigenvalue weighted by Gasteiger charge is 2.42. The van der Waals surface area contributed by atoms with Gasteiger partial charge in [0, 0.05) is 37.9 Å². The van der Waals surface area contributed by atoms with E-state index in [0.29, 0.717) is 0 Å². The molecule has 0 aliphatic carbocycles. The molecule has 0 aromatic carbocycles. The van der Waals surface area contributed by atoms with E-state index < -0.39 is 5.97 Å². The highest BCUT2D eigenvalue weighted by molar-refractivity contribution is 5.68. The Hall–Kier alpha value is -1.40. The van der Waals surface area contributed by atoms with Crippen LogP contribution < -0.4 is 0 Å². The van der Waals surface area contributed by atoms with Gasteiger partial charge in [-0.1, -0.05) is 0 Å². The summed E-state index contributed by atoms with van der Waals surface area (Å²) in [6.45, 7) is 5.33. The summed E-state index contributed by atoms with van der Waals surface area (Å²) in [6.07, 6.45) is 3.86. The second kappa shape index (κ2) is 4.70. The highest BCUT2D eigenvalue weighted by atomic mass is 16.5. The highest BCUT2D eigenvalue weighted by Crippen LogP contribution is 2.32. The number of nitrogens with zero attached hydrogens (tertiary/aromatic N) is 3. The van der Waals surface area contributed by atoms with Crippen molar-refractivity contribution in [3.63, 3.8) is 0 Å². The number of carboxylic acids is 1. The average Bonchev–Trinajstić information content (AvgIpc) is 2.68. The van der Waals surface area contributed by atoms with Gasteiger partial charge in [0.05, 0.1) is 11.8 Å². The van der Waals surface area contributed by atoms with E-state index in [2.05, 4.69) is 16.9 Å². The summed E-state index contributed by atoms with van der Waals surface area (Å²) in [7, 11) is 1.90. The predicted octanol–water partition coefficient (Wildman–Crippen LogP) is 0.657. The molecule has 100 valence electrons. The van der Waals surface area contributed by atoms with Crippen LogP contribution in [0.1, 0.15) is 25.5 Å². The SMILES string of the molecule is CC(c1cnn(C)c1)N1CC(C)(OCC(=O)O)C1. The fraction of sp³-hybridized carbons (Fsp3) is 0.667. The number of aryl methyl sites for hydroxylation is 1. The minimum Gasteiger partial charge on any atom is -0.480 e. The largest absolute Gasteiger partial charge is 0.480 e. The molecule has 1 aromatic heterocycles. The van der Waals surface area contributed by atoms with E-state index in [1.54, 1.807) is 4.68 Å². The van der Waals surface area contributed by atoms with Gasteiger partial charge in [-0.25, -0.2) is 4.79 Å². The van der Waals surface area contributed by atoms with Crippen molar-refractivity contribution < 1.29 is 14.6 Å².